The minimum atomic E-state index is 0.354. The van der Waals surface area contributed by atoms with Crippen LogP contribution >= 0.6 is 0 Å². The number of aromatic nitrogens is 3. The lowest BCUT2D eigenvalue weighted by molar-refractivity contribution is 0.467. The van der Waals surface area contributed by atoms with Crippen LogP contribution in [-0.4, -0.2) is 21.0 Å². The SMILES string of the molecule is Cc1ncc(Oc2cc(C3CC3)ncc2C(C)C)c(NC2CC2)n1. The van der Waals surface area contributed by atoms with Crippen molar-refractivity contribution in [2.45, 2.75) is 64.3 Å². The molecule has 2 aliphatic rings. The maximum absolute atomic E-state index is 6.28. The highest BCUT2D eigenvalue weighted by molar-refractivity contribution is 5.53. The fourth-order valence-corrected chi connectivity index (χ4v) is 2.76. The molecule has 2 aromatic heterocycles. The van der Waals surface area contributed by atoms with Crippen LogP contribution in [0.5, 0.6) is 11.5 Å². The molecule has 0 atom stereocenters. The zero-order chi connectivity index (χ0) is 16.7. The highest BCUT2D eigenvalue weighted by Crippen LogP contribution is 2.42. The van der Waals surface area contributed by atoms with Gasteiger partial charge >= 0.3 is 0 Å². The van der Waals surface area contributed by atoms with E-state index in [1.165, 1.54) is 25.7 Å². The summed E-state index contributed by atoms with van der Waals surface area (Å²) in [6, 6.07) is 2.62. The Balaban J connectivity index is 1.67. The average molecular weight is 324 g/mol. The van der Waals surface area contributed by atoms with Crippen LogP contribution in [0.1, 0.15) is 68.4 Å². The molecule has 5 nitrogen and oxygen atoms in total. The largest absolute Gasteiger partial charge is 0.451 e. The molecule has 24 heavy (non-hydrogen) atoms. The fourth-order valence-electron chi connectivity index (χ4n) is 2.76. The van der Waals surface area contributed by atoms with Crippen LogP contribution in [0.25, 0.3) is 0 Å². The Labute approximate surface area is 142 Å². The molecule has 0 saturated heterocycles. The molecular formula is C19H24N4O. The summed E-state index contributed by atoms with van der Waals surface area (Å²) >= 11 is 0. The second-order valence-corrected chi connectivity index (χ2v) is 7.23. The summed E-state index contributed by atoms with van der Waals surface area (Å²) in [5.41, 5.74) is 2.26. The van der Waals surface area contributed by atoms with Crippen LogP contribution < -0.4 is 10.1 Å². The highest BCUT2D eigenvalue weighted by Gasteiger charge is 2.27. The van der Waals surface area contributed by atoms with Crippen LogP contribution in [0.3, 0.4) is 0 Å². The number of rotatable bonds is 6. The second kappa shape index (κ2) is 6.04. The van der Waals surface area contributed by atoms with E-state index in [0.29, 0.717) is 23.6 Å². The third-order valence-corrected chi connectivity index (χ3v) is 4.55. The van der Waals surface area contributed by atoms with Crippen molar-refractivity contribution in [1.82, 2.24) is 15.0 Å². The van der Waals surface area contributed by atoms with Crippen molar-refractivity contribution in [2.75, 3.05) is 5.32 Å². The van der Waals surface area contributed by atoms with Crippen molar-refractivity contribution < 1.29 is 4.74 Å². The van der Waals surface area contributed by atoms with E-state index in [1.807, 2.05) is 13.1 Å². The molecule has 2 saturated carbocycles. The van der Waals surface area contributed by atoms with Crippen molar-refractivity contribution in [2.24, 2.45) is 0 Å². The van der Waals surface area contributed by atoms with Gasteiger partial charge < -0.3 is 10.1 Å². The maximum atomic E-state index is 6.28. The first-order valence-electron chi connectivity index (χ1n) is 8.88. The maximum Gasteiger partial charge on any atom is 0.187 e. The van der Waals surface area contributed by atoms with Gasteiger partial charge in [-0.3, -0.25) is 4.98 Å². The van der Waals surface area contributed by atoms with Gasteiger partial charge in [-0.2, -0.15) is 0 Å². The summed E-state index contributed by atoms with van der Waals surface area (Å²) in [6.07, 6.45) is 8.60. The molecular weight excluding hydrogens is 300 g/mol. The molecule has 2 fully saturated rings. The summed E-state index contributed by atoms with van der Waals surface area (Å²) < 4.78 is 6.28. The van der Waals surface area contributed by atoms with Crippen molar-refractivity contribution >= 4 is 5.82 Å². The lowest BCUT2D eigenvalue weighted by atomic mass is 10.0. The van der Waals surface area contributed by atoms with Crippen LogP contribution in [0, 0.1) is 6.92 Å². The number of hydrogen-bond donors (Lipinski definition) is 1. The molecule has 0 radical (unpaired) electrons. The molecule has 4 rings (SSSR count). The topological polar surface area (TPSA) is 59.9 Å². The zero-order valence-electron chi connectivity index (χ0n) is 14.5. The molecule has 0 bridgehead atoms. The molecule has 0 aliphatic heterocycles. The minimum Gasteiger partial charge on any atom is -0.451 e. The summed E-state index contributed by atoms with van der Waals surface area (Å²) in [6.45, 7) is 6.23. The lowest BCUT2D eigenvalue weighted by Crippen LogP contribution is -2.07. The first-order chi connectivity index (χ1) is 11.6. The quantitative estimate of drug-likeness (QED) is 0.845. The van der Waals surface area contributed by atoms with Gasteiger partial charge in [-0.25, -0.2) is 9.97 Å². The Morgan fingerprint density at radius 3 is 2.54 bits per heavy atom. The fraction of sp³-hybridized carbons (Fsp3) is 0.526. The van der Waals surface area contributed by atoms with Crippen LogP contribution in [0.15, 0.2) is 18.5 Å². The minimum absolute atomic E-state index is 0.354. The molecule has 0 unspecified atom stereocenters. The third kappa shape index (κ3) is 3.35. The van der Waals surface area contributed by atoms with E-state index < -0.39 is 0 Å². The smallest absolute Gasteiger partial charge is 0.187 e. The van der Waals surface area contributed by atoms with E-state index in [0.717, 1.165) is 28.6 Å². The normalized spacial score (nSPS) is 17.2. The van der Waals surface area contributed by atoms with Crippen LogP contribution in [0.4, 0.5) is 5.82 Å². The molecule has 2 aromatic rings. The Bertz CT molecular complexity index is 751. The van der Waals surface area contributed by atoms with E-state index in [9.17, 15) is 0 Å². The lowest BCUT2D eigenvalue weighted by Gasteiger charge is -2.17. The summed E-state index contributed by atoms with van der Waals surface area (Å²) in [5, 5.41) is 3.45. The molecule has 0 spiro atoms. The van der Waals surface area contributed by atoms with E-state index in [4.69, 9.17) is 4.74 Å². The van der Waals surface area contributed by atoms with Gasteiger partial charge in [0.25, 0.3) is 0 Å². The molecule has 0 amide bonds. The van der Waals surface area contributed by atoms with Gasteiger partial charge in [-0.05, 0) is 38.5 Å². The van der Waals surface area contributed by atoms with E-state index in [-0.39, 0.29) is 0 Å². The average Bonchev–Trinajstić information content (AvgIpc) is 3.44. The molecule has 5 heteroatoms. The van der Waals surface area contributed by atoms with Gasteiger partial charge in [0.05, 0.1) is 6.20 Å². The van der Waals surface area contributed by atoms with Crippen molar-refractivity contribution in [3.8, 4) is 11.5 Å². The summed E-state index contributed by atoms with van der Waals surface area (Å²) in [4.78, 5) is 13.5. The van der Waals surface area contributed by atoms with Crippen molar-refractivity contribution in [3.63, 3.8) is 0 Å². The van der Waals surface area contributed by atoms with Crippen molar-refractivity contribution in [1.29, 1.82) is 0 Å². The van der Waals surface area contributed by atoms with Crippen LogP contribution in [0.2, 0.25) is 0 Å². The number of pyridine rings is 1. The number of ether oxygens (including phenoxy) is 1. The summed E-state index contributed by atoms with van der Waals surface area (Å²) in [5.74, 6) is 4.09. The van der Waals surface area contributed by atoms with Gasteiger partial charge in [0.2, 0.25) is 0 Å². The highest BCUT2D eigenvalue weighted by atomic mass is 16.5. The van der Waals surface area contributed by atoms with Gasteiger partial charge in [0.1, 0.15) is 11.6 Å². The van der Waals surface area contributed by atoms with Gasteiger partial charge in [0.15, 0.2) is 11.6 Å². The number of hydrogen-bond acceptors (Lipinski definition) is 5. The van der Waals surface area contributed by atoms with Gasteiger partial charge in [-0.1, -0.05) is 13.8 Å². The molecule has 2 aliphatic carbocycles. The van der Waals surface area contributed by atoms with E-state index in [2.05, 4.69) is 40.2 Å². The number of nitrogens with one attached hydrogen (secondary N) is 1. The van der Waals surface area contributed by atoms with Gasteiger partial charge in [-0.15, -0.1) is 0 Å². The number of nitrogens with zero attached hydrogens (tertiary/aromatic N) is 3. The Morgan fingerprint density at radius 2 is 1.88 bits per heavy atom. The van der Waals surface area contributed by atoms with E-state index >= 15 is 0 Å². The Morgan fingerprint density at radius 1 is 1.08 bits per heavy atom. The molecule has 1 N–H and O–H groups in total. The first-order valence-corrected chi connectivity index (χ1v) is 8.88. The standard InChI is InChI=1S/C19H24N4O/c1-11(2)15-9-21-16(13-4-5-13)8-17(15)24-18-10-20-12(3)22-19(18)23-14-6-7-14/h8-11,13-14H,4-7H2,1-3H3,(H,20,22,23). The van der Waals surface area contributed by atoms with Crippen molar-refractivity contribution in [3.05, 3.63) is 35.5 Å². The van der Waals surface area contributed by atoms with E-state index in [1.54, 1.807) is 6.20 Å². The summed E-state index contributed by atoms with van der Waals surface area (Å²) in [7, 11) is 0. The predicted molar refractivity (Wildman–Crippen MR) is 93.8 cm³/mol. The molecule has 0 aromatic carbocycles. The molecule has 126 valence electrons. The third-order valence-electron chi connectivity index (χ3n) is 4.55. The van der Waals surface area contributed by atoms with Gasteiger partial charge in [0, 0.05) is 35.5 Å². The molecule has 2 heterocycles. The predicted octanol–water partition coefficient (Wildman–Crippen LogP) is 4.55. The number of anilines is 1. The van der Waals surface area contributed by atoms with Crippen LogP contribution in [-0.2, 0) is 0 Å². The first kappa shape index (κ1) is 15.4. The second-order valence-electron chi connectivity index (χ2n) is 7.23. The zero-order valence-corrected chi connectivity index (χ0v) is 14.5. The number of aryl methyl sites for hydroxylation is 1. The Hall–Kier alpha value is -2.17. The Kier molecular flexibility index (Phi) is 3.87. The monoisotopic (exact) mass is 324 g/mol.